The van der Waals surface area contributed by atoms with E-state index in [9.17, 15) is 9.59 Å². The highest BCUT2D eigenvalue weighted by molar-refractivity contribution is 8.00. The van der Waals surface area contributed by atoms with E-state index in [0.29, 0.717) is 17.5 Å². The summed E-state index contributed by atoms with van der Waals surface area (Å²) in [5.41, 5.74) is 1.10. The van der Waals surface area contributed by atoms with Crippen molar-refractivity contribution in [2.75, 3.05) is 18.2 Å². The van der Waals surface area contributed by atoms with Crippen LogP contribution in [0.25, 0.3) is 0 Å². The van der Waals surface area contributed by atoms with Gasteiger partial charge in [0.05, 0.1) is 17.7 Å². The van der Waals surface area contributed by atoms with Crippen LogP contribution in [0.3, 0.4) is 0 Å². The van der Waals surface area contributed by atoms with E-state index in [0.717, 1.165) is 5.56 Å². The van der Waals surface area contributed by atoms with Gasteiger partial charge in [-0.15, -0.1) is 11.8 Å². The summed E-state index contributed by atoms with van der Waals surface area (Å²) in [5.74, 6) is 1.35. The van der Waals surface area contributed by atoms with Crippen LogP contribution in [0.1, 0.15) is 25.5 Å². The first-order valence-corrected chi connectivity index (χ1v) is 7.93. The molecule has 0 saturated carbocycles. The van der Waals surface area contributed by atoms with Crippen molar-refractivity contribution in [3.8, 4) is 0 Å². The maximum Gasteiger partial charge on any atom is 0.240 e. The smallest absolute Gasteiger partial charge is 0.240 e. The van der Waals surface area contributed by atoms with Crippen LogP contribution < -0.4 is 5.32 Å². The van der Waals surface area contributed by atoms with Crippen molar-refractivity contribution in [1.29, 1.82) is 0 Å². The fraction of sp³-hybridized carbons (Fsp3) is 0.467. The average molecular weight is 292 g/mol. The Morgan fingerprint density at radius 2 is 2.05 bits per heavy atom. The van der Waals surface area contributed by atoms with Crippen LogP contribution in [0.2, 0.25) is 0 Å². The lowest BCUT2D eigenvalue weighted by molar-refractivity contribution is -0.132. The number of nitrogens with one attached hydrogen (secondary N) is 1. The van der Waals surface area contributed by atoms with E-state index in [4.69, 9.17) is 0 Å². The fourth-order valence-corrected chi connectivity index (χ4v) is 3.13. The van der Waals surface area contributed by atoms with E-state index >= 15 is 0 Å². The monoisotopic (exact) mass is 292 g/mol. The first-order valence-electron chi connectivity index (χ1n) is 6.77. The summed E-state index contributed by atoms with van der Waals surface area (Å²) in [6.07, 6.45) is 0. The van der Waals surface area contributed by atoms with Gasteiger partial charge in [-0.2, -0.15) is 0 Å². The molecule has 1 aliphatic heterocycles. The summed E-state index contributed by atoms with van der Waals surface area (Å²) >= 11 is 1.55. The molecular weight excluding hydrogens is 272 g/mol. The molecule has 0 aromatic heterocycles. The van der Waals surface area contributed by atoms with E-state index in [1.165, 1.54) is 0 Å². The number of hydrogen-bond donors (Lipinski definition) is 1. The summed E-state index contributed by atoms with van der Waals surface area (Å²) in [7, 11) is 0. The molecule has 108 valence electrons. The van der Waals surface area contributed by atoms with Crippen molar-refractivity contribution in [2.24, 2.45) is 5.92 Å². The van der Waals surface area contributed by atoms with Crippen LogP contribution >= 0.6 is 11.8 Å². The minimum atomic E-state index is -0.0941. The normalized spacial score (nSPS) is 16.6. The predicted molar refractivity (Wildman–Crippen MR) is 81.2 cm³/mol. The second-order valence-corrected chi connectivity index (χ2v) is 6.22. The highest BCUT2D eigenvalue weighted by atomic mass is 32.2. The second kappa shape index (κ2) is 6.79. The van der Waals surface area contributed by atoms with Gasteiger partial charge in [-0.25, -0.2) is 0 Å². The molecule has 1 atom stereocenters. The summed E-state index contributed by atoms with van der Waals surface area (Å²) in [6, 6.07) is 9.91. The van der Waals surface area contributed by atoms with Crippen molar-refractivity contribution in [3.63, 3.8) is 0 Å². The highest BCUT2D eigenvalue weighted by Gasteiger charge is 2.25. The van der Waals surface area contributed by atoms with Crippen LogP contribution in [-0.4, -0.2) is 34.9 Å². The number of nitrogens with zero attached hydrogens (tertiary/aromatic N) is 1. The Kier molecular flexibility index (Phi) is 5.06. The van der Waals surface area contributed by atoms with E-state index in [-0.39, 0.29) is 24.4 Å². The van der Waals surface area contributed by atoms with E-state index < -0.39 is 0 Å². The summed E-state index contributed by atoms with van der Waals surface area (Å²) in [6.45, 7) is 4.31. The lowest BCUT2D eigenvalue weighted by atomic mass is 9.96. The minimum absolute atomic E-state index is 0.0194. The first kappa shape index (κ1) is 14.9. The van der Waals surface area contributed by atoms with Gasteiger partial charge < -0.3 is 10.2 Å². The number of amides is 2. The van der Waals surface area contributed by atoms with Crippen molar-refractivity contribution in [2.45, 2.75) is 19.9 Å². The van der Waals surface area contributed by atoms with Gasteiger partial charge in [0.1, 0.15) is 6.54 Å². The number of thioether (sulfide) groups is 1. The molecule has 1 heterocycles. The molecule has 1 unspecified atom stereocenters. The van der Waals surface area contributed by atoms with Crippen molar-refractivity contribution in [1.82, 2.24) is 10.2 Å². The Morgan fingerprint density at radius 1 is 1.35 bits per heavy atom. The van der Waals surface area contributed by atoms with Gasteiger partial charge in [-0.1, -0.05) is 44.2 Å². The summed E-state index contributed by atoms with van der Waals surface area (Å²) in [4.78, 5) is 25.2. The predicted octanol–water partition coefficient (Wildman–Crippen LogP) is 2.03. The SMILES string of the molecule is CC(C)C(NC(=O)CN1CSCC1=O)c1ccccc1. The largest absolute Gasteiger partial charge is 0.347 e. The van der Waals surface area contributed by atoms with Gasteiger partial charge in [0.2, 0.25) is 11.8 Å². The standard InChI is InChI=1S/C15H20N2O2S/c1-11(2)15(12-6-4-3-5-7-12)16-13(18)8-17-10-20-9-14(17)19/h3-7,11,15H,8-10H2,1-2H3,(H,16,18). The Hall–Kier alpha value is -1.49. The number of carbonyl (C=O) groups excluding carboxylic acids is 2. The number of carbonyl (C=O) groups is 2. The minimum Gasteiger partial charge on any atom is -0.347 e. The first-order chi connectivity index (χ1) is 9.58. The third-order valence-corrected chi connectivity index (χ3v) is 4.25. The quantitative estimate of drug-likeness (QED) is 0.903. The molecule has 2 amide bonds. The zero-order valence-electron chi connectivity index (χ0n) is 11.8. The molecule has 0 radical (unpaired) electrons. The fourth-order valence-electron chi connectivity index (χ4n) is 2.23. The van der Waals surface area contributed by atoms with Gasteiger partial charge in [0.25, 0.3) is 0 Å². The molecule has 1 aromatic carbocycles. The Morgan fingerprint density at radius 3 is 2.60 bits per heavy atom. The topological polar surface area (TPSA) is 49.4 Å². The maximum atomic E-state index is 12.1. The molecule has 2 rings (SSSR count). The Balaban J connectivity index is 1.98. The molecule has 1 saturated heterocycles. The number of rotatable bonds is 5. The van der Waals surface area contributed by atoms with E-state index in [1.807, 2.05) is 30.3 Å². The molecule has 0 aliphatic carbocycles. The molecule has 1 aromatic rings. The lowest BCUT2D eigenvalue weighted by Crippen LogP contribution is -2.40. The highest BCUT2D eigenvalue weighted by Crippen LogP contribution is 2.21. The molecule has 4 nitrogen and oxygen atoms in total. The molecular formula is C15H20N2O2S. The number of hydrogen-bond acceptors (Lipinski definition) is 3. The van der Waals surface area contributed by atoms with Crippen LogP contribution in [0.4, 0.5) is 0 Å². The molecule has 1 fully saturated rings. The average Bonchev–Trinajstić information content (AvgIpc) is 2.82. The van der Waals surface area contributed by atoms with Crippen LogP contribution in [-0.2, 0) is 9.59 Å². The van der Waals surface area contributed by atoms with Crippen LogP contribution in [0, 0.1) is 5.92 Å². The summed E-state index contributed by atoms with van der Waals surface area (Å²) < 4.78 is 0. The molecule has 5 heteroatoms. The zero-order chi connectivity index (χ0) is 14.5. The Labute approximate surface area is 123 Å². The Bertz CT molecular complexity index is 476. The van der Waals surface area contributed by atoms with E-state index in [1.54, 1.807) is 16.7 Å². The van der Waals surface area contributed by atoms with Crippen molar-refractivity contribution >= 4 is 23.6 Å². The number of benzene rings is 1. The molecule has 0 spiro atoms. The van der Waals surface area contributed by atoms with Crippen molar-refractivity contribution < 1.29 is 9.59 Å². The van der Waals surface area contributed by atoms with E-state index in [2.05, 4.69) is 19.2 Å². The zero-order valence-corrected chi connectivity index (χ0v) is 12.7. The summed E-state index contributed by atoms with van der Waals surface area (Å²) in [5, 5.41) is 3.04. The van der Waals surface area contributed by atoms with Crippen LogP contribution in [0.5, 0.6) is 0 Å². The molecule has 20 heavy (non-hydrogen) atoms. The van der Waals surface area contributed by atoms with Crippen molar-refractivity contribution in [3.05, 3.63) is 35.9 Å². The second-order valence-electron chi connectivity index (χ2n) is 5.27. The van der Waals surface area contributed by atoms with Gasteiger partial charge in [-0.05, 0) is 11.5 Å². The molecule has 0 bridgehead atoms. The van der Waals surface area contributed by atoms with Gasteiger partial charge >= 0.3 is 0 Å². The third-order valence-electron chi connectivity index (χ3n) is 3.30. The van der Waals surface area contributed by atoms with Gasteiger partial charge in [-0.3, -0.25) is 9.59 Å². The van der Waals surface area contributed by atoms with Gasteiger partial charge in [0, 0.05) is 0 Å². The molecule has 1 aliphatic rings. The van der Waals surface area contributed by atoms with Gasteiger partial charge in [0.15, 0.2) is 0 Å². The maximum absolute atomic E-state index is 12.1. The van der Waals surface area contributed by atoms with Crippen LogP contribution in [0.15, 0.2) is 30.3 Å². The third kappa shape index (κ3) is 3.76. The lowest BCUT2D eigenvalue weighted by Gasteiger charge is -2.24. The molecule has 1 N–H and O–H groups in total.